The van der Waals surface area contributed by atoms with Gasteiger partial charge in [-0.2, -0.15) is 0 Å². The van der Waals surface area contributed by atoms with E-state index >= 15 is 0 Å². The molecular weight excluding hydrogens is 488 g/mol. The van der Waals surface area contributed by atoms with Gasteiger partial charge in [0.05, 0.1) is 23.9 Å². The van der Waals surface area contributed by atoms with Crippen LogP contribution in [0, 0.1) is 52.3 Å². The van der Waals surface area contributed by atoms with Gasteiger partial charge in [0.1, 0.15) is 0 Å². The Bertz CT molecular complexity index is 1070. The number of ether oxygens (including phenoxy) is 1. The third-order valence-corrected chi connectivity index (χ3v) is 10.2. The fourth-order valence-electron chi connectivity index (χ4n) is 8.01. The van der Waals surface area contributed by atoms with Gasteiger partial charge in [-0.25, -0.2) is 0 Å². The summed E-state index contributed by atoms with van der Waals surface area (Å²) >= 11 is 1.22. The molecule has 0 radical (unpaired) electrons. The van der Waals surface area contributed by atoms with E-state index in [1.807, 2.05) is 6.08 Å². The molecule has 3 fully saturated rings. The van der Waals surface area contributed by atoms with Gasteiger partial charge in [-0.3, -0.25) is 14.4 Å². The maximum atomic E-state index is 13.4. The molecule has 202 valence electrons. The molecule has 4 aliphatic carbocycles. The van der Waals surface area contributed by atoms with E-state index < -0.39 is 17.7 Å². The Morgan fingerprint density at radius 1 is 1.27 bits per heavy atom. The maximum absolute atomic E-state index is 13.4. The van der Waals surface area contributed by atoms with Crippen molar-refractivity contribution in [3.05, 3.63) is 23.8 Å². The van der Waals surface area contributed by atoms with Gasteiger partial charge in [-0.05, 0) is 74.9 Å². The standard InChI is InChI=1S/C30H40O6S/c1-18-14-22-21-9-8-19-15-20(31)10-11-29(19,4)26(21)23(32)16-30(22,5)25(18)27(34)37-13-7-6-12-36-24(33)17-28(2,3)35/h10-11,15,18,21-23,25-26,32,35H,8-9,12-14,16-17H2,1-5H3. The van der Waals surface area contributed by atoms with Crippen molar-refractivity contribution in [2.75, 3.05) is 12.4 Å². The lowest BCUT2D eigenvalue weighted by Crippen LogP contribution is -2.56. The summed E-state index contributed by atoms with van der Waals surface area (Å²) in [6.45, 7) is 9.56. The van der Waals surface area contributed by atoms with Gasteiger partial charge >= 0.3 is 5.97 Å². The fraction of sp³-hybridized carbons (Fsp3) is 0.700. The van der Waals surface area contributed by atoms with Crippen LogP contribution >= 0.6 is 11.8 Å². The van der Waals surface area contributed by atoms with Crippen LogP contribution in [0.5, 0.6) is 0 Å². The molecule has 7 heteroatoms. The van der Waals surface area contributed by atoms with Crippen molar-refractivity contribution < 1.29 is 29.3 Å². The molecule has 4 aliphatic rings. The second-order valence-electron chi connectivity index (χ2n) is 12.6. The number of ketones is 1. The highest BCUT2D eigenvalue weighted by molar-refractivity contribution is 8.13. The summed E-state index contributed by atoms with van der Waals surface area (Å²) in [6, 6.07) is 0. The summed E-state index contributed by atoms with van der Waals surface area (Å²) in [5.74, 6) is 6.37. The summed E-state index contributed by atoms with van der Waals surface area (Å²) in [6.07, 6.45) is 8.20. The predicted molar refractivity (Wildman–Crippen MR) is 143 cm³/mol. The van der Waals surface area contributed by atoms with Gasteiger partial charge < -0.3 is 14.9 Å². The Kier molecular flexibility index (Phi) is 7.87. The first-order valence-electron chi connectivity index (χ1n) is 13.4. The van der Waals surface area contributed by atoms with Crippen LogP contribution in [-0.4, -0.2) is 51.1 Å². The molecule has 0 bridgehead atoms. The van der Waals surface area contributed by atoms with Crippen molar-refractivity contribution in [3.8, 4) is 11.8 Å². The van der Waals surface area contributed by atoms with E-state index in [-0.39, 0.29) is 52.5 Å². The largest absolute Gasteiger partial charge is 0.452 e. The van der Waals surface area contributed by atoms with E-state index in [0.29, 0.717) is 24.0 Å². The van der Waals surface area contributed by atoms with Crippen molar-refractivity contribution >= 4 is 28.6 Å². The second-order valence-corrected chi connectivity index (χ2v) is 13.6. The maximum Gasteiger partial charge on any atom is 0.309 e. The van der Waals surface area contributed by atoms with Gasteiger partial charge in [0.2, 0.25) is 0 Å². The quantitative estimate of drug-likeness (QED) is 0.409. The van der Waals surface area contributed by atoms with Crippen LogP contribution in [0.3, 0.4) is 0 Å². The van der Waals surface area contributed by atoms with Crippen molar-refractivity contribution in [2.24, 2.45) is 40.4 Å². The fourth-order valence-corrected chi connectivity index (χ4v) is 9.01. The van der Waals surface area contributed by atoms with E-state index in [1.54, 1.807) is 26.0 Å². The zero-order chi connectivity index (χ0) is 27.2. The van der Waals surface area contributed by atoms with E-state index in [4.69, 9.17) is 4.74 Å². The third kappa shape index (κ3) is 5.48. The predicted octanol–water partition coefficient (Wildman–Crippen LogP) is 4.09. The molecule has 0 heterocycles. The van der Waals surface area contributed by atoms with Crippen molar-refractivity contribution in [1.29, 1.82) is 0 Å². The Balaban J connectivity index is 1.40. The third-order valence-electron chi connectivity index (χ3n) is 9.38. The average Bonchev–Trinajstić information content (AvgIpc) is 3.04. The number of hydrogen-bond donors (Lipinski definition) is 2. The summed E-state index contributed by atoms with van der Waals surface area (Å²) < 4.78 is 5.02. The van der Waals surface area contributed by atoms with Crippen LogP contribution < -0.4 is 0 Å². The van der Waals surface area contributed by atoms with Crippen LogP contribution in [0.1, 0.15) is 66.7 Å². The van der Waals surface area contributed by atoms with E-state index in [1.165, 1.54) is 11.8 Å². The minimum atomic E-state index is -1.12. The molecule has 0 aromatic carbocycles. The van der Waals surface area contributed by atoms with Crippen LogP contribution in [-0.2, 0) is 19.1 Å². The number of aliphatic hydroxyl groups excluding tert-OH is 1. The molecule has 8 unspecified atom stereocenters. The SMILES string of the molecule is CC1CC2C3CCC4=CC(=O)C=CC4(C)C3C(O)CC2(C)C1C(=O)SCC#CCOC(=O)CC(C)(C)O. The summed E-state index contributed by atoms with van der Waals surface area (Å²) in [7, 11) is 0. The van der Waals surface area contributed by atoms with Crippen molar-refractivity contribution in [2.45, 2.75) is 78.4 Å². The number of esters is 1. The zero-order valence-corrected chi connectivity index (χ0v) is 23.4. The minimum absolute atomic E-state index is 0.0357. The normalized spacial score (nSPS) is 38.5. The monoisotopic (exact) mass is 528 g/mol. The minimum Gasteiger partial charge on any atom is -0.452 e. The van der Waals surface area contributed by atoms with Gasteiger partial charge in [-0.1, -0.05) is 56.0 Å². The highest BCUT2D eigenvalue weighted by Crippen LogP contribution is 2.67. The Morgan fingerprint density at radius 3 is 2.70 bits per heavy atom. The number of carbonyl (C=O) groups is 3. The Hall–Kier alpha value is -1.88. The Morgan fingerprint density at radius 2 is 2.00 bits per heavy atom. The molecule has 4 rings (SSSR count). The number of hydrogen-bond acceptors (Lipinski definition) is 7. The molecule has 3 saturated carbocycles. The summed E-state index contributed by atoms with van der Waals surface area (Å²) in [5.41, 5.74) is -0.548. The van der Waals surface area contributed by atoms with Crippen molar-refractivity contribution in [3.63, 3.8) is 0 Å². The van der Waals surface area contributed by atoms with Gasteiger partial charge in [0.15, 0.2) is 17.5 Å². The molecule has 37 heavy (non-hydrogen) atoms. The second kappa shape index (κ2) is 10.4. The van der Waals surface area contributed by atoms with Crippen LogP contribution in [0.25, 0.3) is 0 Å². The van der Waals surface area contributed by atoms with Crippen molar-refractivity contribution in [1.82, 2.24) is 0 Å². The number of allylic oxidation sites excluding steroid dienone is 4. The average molecular weight is 529 g/mol. The number of carbonyl (C=O) groups excluding carboxylic acids is 3. The number of thioether (sulfide) groups is 1. The van der Waals surface area contributed by atoms with E-state index in [9.17, 15) is 24.6 Å². The first kappa shape index (κ1) is 28.1. The van der Waals surface area contributed by atoms with Gasteiger partial charge in [0, 0.05) is 17.3 Å². The first-order chi connectivity index (χ1) is 17.3. The number of aliphatic hydroxyl groups is 2. The molecule has 0 aromatic rings. The summed E-state index contributed by atoms with van der Waals surface area (Å²) in [4.78, 5) is 37.1. The lowest BCUT2D eigenvalue weighted by molar-refractivity contribution is -0.146. The van der Waals surface area contributed by atoms with Crippen LogP contribution in [0.15, 0.2) is 23.8 Å². The van der Waals surface area contributed by atoms with Gasteiger partial charge in [0.25, 0.3) is 0 Å². The zero-order valence-electron chi connectivity index (χ0n) is 22.6. The molecule has 0 saturated heterocycles. The molecule has 0 spiro atoms. The molecule has 0 aromatic heterocycles. The molecule has 0 amide bonds. The number of rotatable bonds is 5. The smallest absolute Gasteiger partial charge is 0.309 e. The highest BCUT2D eigenvalue weighted by Gasteiger charge is 2.64. The highest BCUT2D eigenvalue weighted by atomic mass is 32.2. The van der Waals surface area contributed by atoms with Crippen LogP contribution in [0.2, 0.25) is 0 Å². The molecule has 6 nitrogen and oxygen atoms in total. The lowest BCUT2D eigenvalue weighted by Gasteiger charge is -2.58. The van der Waals surface area contributed by atoms with Crippen LogP contribution in [0.4, 0.5) is 0 Å². The molecular formula is C30H40O6S. The topological polar surface area (TPSA) is 101 Å². The summed E-state index contributed by atoms with van der Waals surface area (Å²) in [5, 5.41) is 21.3. The van der Waals surface area contributed by atoms with E-state index in [2.05, 4.69) is 32.6 Å². The van der Waals surface area contributed by atoms with E-state index in [0.717, 1.165) is 24.8 Å². The van der Waals surface area contributed by atoms with Gasteiger partial charge in [-0.15, -0.1) is 0 Å². The lowest BCUT2D eigenvalue weighted by atomic mass is 9.47. The molecule has 0 aliphatic heterocycles. The Labute approximate surface area is 224 Å². The molecule has 2 N–H and O–H groups in total. The first-order valence-corrected chi connectivity index (χ1v) is 14.4. The number of fused-ring (bicyclic) bond motifs is 5. The molecule has 8 atom stereocenters.